The van der Waals surface area contributed by atoms with Crippen LogP contribution in [0.4, 0.5) is 28.8 Å². The quantitative estimate of drug-likeness (QED) is 0.345. The molecule has 168 valence electrons. The van der Waals surface area contributed by atoms with Crippen molar-refractivity contribution in [2.24, 2.45) is 0 Å². The third-order valence-electron chi connectivity index (χ3n) is 5.26. The van der Waals surface area contributed by atoms with Gasteiger partial charge in [0.1, 0.15) is 5.82 Å². The predicted octanol–water partition coefficient (Wildman–Crippen LogP) is 3.10. The highest BCUT2D eigenvalue weighted by Crippen LogP contribution is 2.31. The first kappa shape index (κ1) is 21.7. The number of hydrogen-bond acceptors (Lipinski definition) is 7. The van der Waals surface area contributed by atoms with E-state index in [-0.39, 0.29) is 35.1 Å². The minimum Gasteiger partial charge on any atom is -0.326 e. The summed E-state index contributed by atoms with van der Waals surface area (Å²) in [6.07, 6.45) is -0.262. The second-order valence-corrected chi connectivity index (χ2v) is 7.72. The van der Waals surface area contributed by atoms with Gasteiger partial charge in [0.05, 0.1) is 16.4 Å². The minimum absolute atomic E-state index is 0.0142. The summed E-state index contributed by atoms with van der Waals surface area (Å²) >= 11 is 0. The number of anilines is 4. The molecule has 3 aromatic rings. The molecular formula is C22H20N6O5. The number of nitrogens with one attached hydrogen (secondary N) is 4. The lowest BCUT2D eigenvalue weighted by Gasteiger charge is -2.23. The average molecular weight is 448 g/mol. The van der Waals surface area contributed by atoms with Crippen LogP contribution in [-0.2, 0) is 9.59 Å². The number of aromatic nitrogens is 2. The van der Waals surface area contributed by atoms with Gasteiger partial charge < -0.3 is 16.0 Å². The van der Waals surface area contributed by atoms with Crippen molar-refractivity contribution in [3.05, 3.63) is 79.6 Å². The predicted molar refractivity (Wildman–Crippen MR) is 122 cm³/mol. The Morgan fingerprint density at radius 3 is 2.52 bits per heavy atom. The number of rotatable bonds is 5. The standard InChI is InChI=1S/C22H20N6O5/c1-11-3-6-13(7-4-11)24-22-26-19-18(21(31)27-22)15(10-17(29)25-19)20(30)23-14-8-5-12(2)16(9-14)28(32)33/h3-9,15H,10H2,1-2H3,(H,23,30)(H3,24,25,26,27,29,31)/t15-/m0/s1. The van der Waals surface area contributed by atoms with Crippen LogP contribution in [-0.4, -0.2) is 26.7 Å². The molecule has 2 amide bonds. The number of amides is 2. The SMILES string of the molecule is Cc1ccc(Nc2nc3c(c(=O)[nH]2)[C@@H](C(=O)Nc2ccc(C)c([N+](=O)[O-])c2)CC(=O)N3)cc1. The maximum Gasteiger partial charge on any atom is 0.274 e. The van der Waals surface area contributed by atoms with Crippen LogP contribution in [0.2, 0.25) is 0 Å². The fourth-order valence-electron chi connectivity index (χ4n) is 3.54. The molecule has 4 rings (SSSR count). The van der Waals surface area contributed by atoms with E-state index < -0.39 is 28.2 Å². The van der Waals surface area contributed by atoms with Crippen LogP contribution in [0.15, 0.2) is 47.3 Å². The number of benzene rings is 2. The molecule has 1 aliphatic rings. The Labute approximate surface area is 187 Å². The molecule has 0 unspecified atom stereocenters. The van der Waals surface area contributed by atoms with Gasteiger partial charge in [-0.3, -0.25) is 29.5 Å². The molecule has 0 fully saturated rings. The molecule has 1 atom stereocenters. The summed E-state index contributed by atoms with van der Waals surface area (Å²) in [6, 6.07) is 11.6. The van der Waals surface area contributed by atoms with E-state index in [9.17, 15) is 24.5 Å². The van der Waals surface area contributed by atoms with Gasteiger partial charge in [0.2, 0.25) is 17.8 Å². The number of carbonyl (C=O) groups is 2. The highest BCUT2D eigenvalue weighted by Gasteiger charge is 2.35. The van der Waals surface area contributed by atoms with Gasteiger partial charge in [-0.25, -0.2) is 0 Å². The molecule has 33 heavy (non-hydrogen) atoms. The Kier molecular flexibility index (Phi) is 5.61. The summed E-state index contributed by atoms with van der Waals surface area (Å²) in [7, 11) is 0. The van der Waals surface area contributed by atoms with Crippen molar-refractivity contribution in [2.75, 3.05) is 16.0 Å². The van der Waals surface area contributed by atoms with Crippen LogP contribution in [0.5, 0.6) is 0 Å². The molecule has 0 bridgehead atoms. The van der Waals surface area contributed by atoms with Gasteiger partial charge in [-0.2, -0.15) is 4.98 Å². The Bertz CT molecular complexity index is 1330. The van der Waals surface area contributed by atoms with E-state index in [0.717, 1.165) is 5.56 Å². The van der Waals surface area contributed by atoms with Crippen LogP contribution >= 0.6 is 0 Å². The average Bonchev–Trinajstić information content (AvgIpc) is 2.75. The maximum atomic E-state index is 12.9. The zero-order chi connectivity index (χ0) is 23.7. The fourth-order valence-corrected chi connectivity index (χ4v) is 3.54. The highest BCUT2D eigenvalue weighted by atomic mass is 16.6. The third kappa shape index (κ3) is 4.56. The van der Waals surface area contributed by atoms with E-state index >= 15 is 0 Å². The largest absolute Gasteiger partial charge is 0.326 e. The van der Waals surface area contributed by atoms with Crippen molar-refractivity contribution in [1.29, 1.82) is 0 Å². The number of aryl methyl sites for hydroxylation is 2. The van der Waals surface area contributed by atoms with Crippen LogP contribution in [0.3, 0.4) is 0 Å². The van der Waals surface area contributed by atoms with Gasteiger partial charge in [-0.1, -0.05) is 23.8 Å². The zero-order valence-corrected chi connectivity index (χ0v) is 17.8. The van der Waals surface area contributed by atoms with Crippen molar-refractivity contribution in [1.82, 2.24) is 9.97 Å². The van der Waals surface area contributed by atoms with Gasteiger partial charge in [0, 0.05) is 29.4 Å². The summed E-state index contributed by atoms with van der Waals surface area (Å²) < 4.78 is 0. The lowest BCUT2D eigenvalue weighted by atomic mass is 9.92. The van der Waals surface area contributed by atoms with E-state index in [2.05, 4.69) is 25.9 Å². The molecule has 11 heteroatoms. The highest BCUT2D eigenvalue weighted by molar-refractivity contribution is 6.04. The lowest BCUT2D eigenvalue weighted by Crippen LogP contribution is -2.36. The molecule has 2 heterocycles. The van der Waals surface area contributed by atoms with Gasteiger partial charge >= 0.3 is 0 Å². The van der Waals surface area contributed by atoms with Gasteiger partial charge in [0.15, 0.2) is 0 Å². The molecule has 0 saturated carbocycles. The Hall–Kier alpha value is -4.54. The van der Waals surface area contributed by atoms with Gasteiger partial charge in [-0.15, -0.1) is 0 Å². The molecule has 4 N–H and O–H groups in total. The van der Waals surface area contributed by atoms with Crippen molar-refractivity contribution in [3.63, 3.8) is 0 Å². The Morgan fingerprint density at radius 2 is 1.82 bits per heavy atom. The number of hydrogen-bond donors (Lipinski definition) is 4. The maximum absolute atomic E-state index is 12.9. The van der Waals surface area contributed by atoms with Crippen LogP contribution in [0.1, 0.15) is 29.0 Å². The number of nitrogens with zero attached hydrogens (tertiary/aromatic N) is 2. The smallest absolute Gasteiger partial charge is 0.274 e. The zero-order valence-electron chi connectivity index (χ0n) is 17.8. The molecule has 0 radical (unpaired) electrons. The number of H-pyrrole nitrogens is 1. The van der Waals surface area contributed by atoms with Crippen LogP contribution < -0.4 is 21.5 Å². The first-order valence-electron chi connectivity index (χ1n) is 10.0. The third-order valence-corrected chi connectivity index (χ3v) is 5.26. The normalized spacial score (nSPS) is 14.7. The van der Waals surface area contributed by atoms with E-state index in [4.69, 9.17) is 0 Å². The second-order valence-electron chi connectivity index (χ2n) is 7.72. The summed E-state index contributed by atoms with van der Waals surface area (Å²) in [6.45, 7) is 3.53. The van der Waals surface area contributed by atoms with Crippen molar-refractivity contribution >= 4 is 40.6 Å². The topological polar surface area (TPSA) is 159 Å². The summed E-state index contributed by atoms with van der Waals surface area (Å²) in [5, 5.41) is 19.2. The number of nitro groups is 1. The number of nitro benzene ring substituents is 1. The van der Waals surface area contributed by atoms with E-state index in [0.29, 0.717) is 11.3 Å². The lowest BCUT2D eigenvalue weighted by molar-refractivity contribution is -0.385. The monoisotopic (exact) mass is 448 g/mol. The molecule has 11 nitrogen and oxygen atoms in total. The van der Waals surface area contributed by atoms with Crippen molar-refractivity contribution < 1.29 is 14.5 Å². The van der Waals surface area contributed by atoms with Crippen LogP contribution in [0, 0.1) is 24.0 Å². The van der Waals surface area contributed by atoms with E-state index in [1.54, 1.807) is 6.92 Å². The Morgan fingerprint density at radius 1 is 1.12 bits per heavy atom. The molecule has 0 aliphatic carbocycles. The molecule has 2 aromatic carbocycles. The number of carbonyl (C=O) groups excluding carboxylic acids is 2. The molecular weight excluding hydrogens is 428 g/mol. The number of aromatic amines is 1. The Balaban J connectivity index is 1.63. The second kappa shape index (κ2) is 8.54. The minimum atomic E-state index is -1.11. The molecule has 0 spiro atoms. The first-order valence-corrected chi connectivity index (χ1v) is 10.0. The van der Waals surface area contributed by atoms with Crippen LogP contribution in [0.25, 0.3) is 0 Å². The molecule has 0 saturated heterocycles. The first-order chi connectivity index (χ1) is 15.7. The summed E-state index contributed by atoms with van der Waals surface area (Å²) in [4.78, 5) is 55.5. The fraction of sp³-hybridized carbons (Fsp3) is 0.182. The van der Waals surface area contributed by atoms with Crippen molar-refractivity contribution in [3.8, 4) is 0 Å². The van der Waals surface area contributed by atoms with E-state index in [1.165, 1.54) is 18.2 Å². The molecule has 1 aromatic heterocycles. The van der Waals surface area contributed by atoms with Crippen molar-refractivity contribution in [2.45, 2.75) is 26.2 Å². The van der Waals surface area contributed by atoms with Gasteiger partial charge in [0.25, 0.3) is 11.2 Å². The number of fused-ring (bicyclic) bond motifs is 1. The molecule has 1 aliphatic heterocycles. The summed E-state index contributed by atoms with van der Waals surface area (Å²) in [5.74, 6) is -2.13. The van der Waals surface area contributed by atoms with Gasteiger partial charge in [-0.05, 0) is 32.0 Å². The van der Waals surface area contributed by atoms with E-state index in [1.807, 2.05) is 31.2 Å². The summed E-state index contributed by atoms with van der Waals surface area (Å²) in [5.41, 5.74) is 1.66.